The summed E-state index contributed by atoms with van der Waals surface area (Å²) in [4.78, 5) is 4.26. The zero-order valence-corrected chi connectivity index (χ0v) is 14.1. The summed E-state index contributed by atoms with van der Waals surface area (Å²) in [6.45, 7) is 2.19. The van der Waals surface area contributed by atoms with Gasteiger partial charge >= 0.3 is 6.18 Å². The second kappa shape index (κ2) is 8.51. The molecular formula is C17H18ClF3N2O2. The van der Waals surface area contributed by atoms with Crippen molar-refractivity contribution in [2.75, 3.05) is 13.1 Å². The summed E-state index contributed by atoms with van der Waals surface area (Å²) in [5, 5.41) is 3.22. The molecule has 136 valence electrons. The predicted molar refractivity (Wildman–Crippen MR) is 90.2 cm³/mol. The Bertz CT molecular complexity index is 693. The van der Waals surface area contributed by atoms with E-state index >= 15 is 0 Å². The van der Waals surface area contributed by atoms with Crippen LogP contribution in [0.5, 0.6) is 0 Å². The van der Waals surface area contributed by atoms with E-state index in [1.807, 2.05) is 0 Å². The van der Waals surface area contributed by atoms with Crippen LogP contribution in [-0.2, 0) is 17.5 Å². The lowest BCUT2D eigenvalue weighted by Gasteiger charge is -2.07. The minimum absolute atomic E-state index is 0. The predicted octanol–water partition coefficient (Wildman–Crippen LogP) is 4.16. The summed E-state index contributed by atoms with van der Waals surface area (Å²) in [7, 11) is 0. The maximum atomic E-state index is 12.5. The van der Waals surface area contributed by atoms with Crippen molar-refractivity contribution in [2.24, 2.45) is 0 Å². The summed E-state index contributed by atoms with van der Waals surface area (Å²) in [6.07, 6.45) is 1.65. The van der Waals surface area contributed by atoms with Crippen LogP contribution in [0.4, 0.5) is 13.2 Å². The Kier molecular flexibility index (Phi) is 6.64. The van der Waals surface area contributed by atoms with Crippen LogP contribution in [-0.4, -0.2) is 24.2 Å². The number of hydrogen-bond acceptors (Lipinski definition) is 4. The highest BCUT2D eigenvalue weighted by atomic mass is 35.5. The van der Waals surface area contributed by atoms with E-state index in [1.165, 1.54) is 18.4 Å². The second-order valence-electron chi connectivity index (χ2n) is 5.56. The van der Waals surface area contributed by atoms with E-state index in [-0.39, 0.29) is 18.5 Å². The van der Waals surface area contributed by atoms with Crippen LogP contribution in [0.2, 0.25) is 0 Å². The molecule has 0 radical (unpaired) electrons. The average Bonchev–Trinajstić information content (AvgIpc) is 3.22. The number of benzene rings is 1. The van der Waals surface area contributed by atoms with Gasteiger partial charge in [-0.3, -0.25) is 0 Å². The van der Waals surface area contributed by atoms with E-state index in [0.717, 1.165) is 31.6 Å². The molecule has 8 heteroatoms. The first-order valence-electron chi connectivity index (χ1n) is 7.63. The number of ether oxygens (including phenoxy) is 1. The van der Waals surface area contributed by atoms with Gasteiger partial charge in [-0.1, -0.05) is 12.1 Å². The third kappa shape index (κ3) is 5.59. The Morgan fingerprint density at radius 1 is 1.24 bits per heavy atom. The first-order valence-corrected chi connectivity index (χ1v) is 7.63. The molecule has 0 saturated carbocycles. The zero-order chi connectivity index (χ0) is 17.0. The van der Waals surface area contributed by atoms with E-state index in [9.17, 15) is 13.2 Å². The number of oxazole rings is 1. The van der Waals surface area contributed by atoms with Crippen molar-refractivity contribution in [3.63, 3.8) is 0 Å². The van der Waals surface area contributed by atoms with Gasteiger partial charge in [0.25, 0.3) is 0 Å². The molecule has 1 N–H and O–H groups in total. The second-order valence-corrected chi connectivity index (χ2v) is 5.56. The lowest BCUT2D eigenvalue weighted by Crippen LogP contribution is -2.16. The maximum Gasteiger partial charge on any atom is 0.416 e. The maximum absolute atomic E-state index is 12.5. The largest absolute Gasteiger partial charge is 0.445 e. The molecule has 1 atom stereocenters. The van der Waals surface area contributed by atoms with Crippen molar-refractivity contribution in [2.45, 2.75) is 25.3 Å². The Balaban J connectivity index is 0.00000225. The van der Waals surface area contributed by atoms with Crippen LogP contribution in [0.15, 0.2) is 34.9 Å². The number of rotatable bonds is 5. The van der Waals surface area contributed by atoms with E-state index in [2.05, 4.69) is 10.3 Å². The summed E-state index contributed by atoms with van der Waals surface area (Å²) in [5.74, 6) is 0.387. The Hall–Kier alpha value is -1.83. The van der Waals surface area contributed by atoms with Crippen LogP contribution < -0.4 is 5.32 Å². The summed E-state index contributed by atoms with van der Waals surface area (Å²) in [5.41, 5.74) is 0.654. The topological polar surface area (TPSA) is 47.3 Å². The molecular weight excluding hydrogens is 357 g/mol. The summed E-state index contributed by atoms with van der Waals surface area (Å²) < 4.78 is 48.5. The van der Waals surface area contributed by atoms with Gasteiger partial charge in [-0.05, 0) is 36.7 Å². The van der Waals surface area contributed by atoms with Crippen LogP contribution >= 0.6 is 12.4 Å². The first-order chi connectivity index (χ1) is 11.5. The van der Waals surface area contributed by atoms with Gasteiger partial charge in [0.15, 0.2) is 0 Å². The number of halogens is 4. The lowest BCUT2D eigenvalue weighted by atomic mass is 10.1. The molecule has 0 amide bonds. The van der Waals surface area contributed by atoms with Crippen molar-refractivity contribution in [3.05, 3.63) is 53.2 Å². The van der Waals surface area contributed by atoms with E-state index in [4.69, 9.17) is 9.15 Å². The third-order valence-corrected chi connectivity index (χ3v) is 3.71. The van der Waals surface area contributed by atoms with Crippen molar-refractivity contribution in [1.82, 2.24) is 10.3 Å². The normalized spacial score (nSPS) is 17.8. The van der Waals surface area contributed by atoms with Gasteiger partial charge in [0.2, 0.25) is 5.89 Å². The standard InChI is InChI=1S/C17H17F3N2O2.ClH/c18-17(19,20)13-4-1-12(2-5-13)3-6-16-22-14(11-24-16)10-23-15-7-8-21-9-15;/h1-6,11,15,21H,7-10H2;1H/b6-3+;. The highest BCUT2D eigenvalue weighted by molar-refractivity contribution is 5.85. The molecule has 1 aromatic carbocycles. The van der Waals surface area contributed by atoms with Gasteiger partial charge in [-0.2, -0.15) is 13.2 Å². The van der Waals surface area contributed by atoms with Gasteiger partial charge in [-0.25, -0.2) is 4.98 Å². The van der Waals surface area contributed by atoms with Gasteiger partial charge < -0.3 is 14.5 Å². The Morgan fingerprint density at radius 2 is 2.00 bits per heavy atom. The average molecular weight is 375 g/mol. The fourth-order valence-corrected chi connectivity index (χ4v) is 2.39. The zero-order valence-electron chi connectivity index (χ0n) is 13.3. The molecule has 2 aromatic rings. The van der Waals surface area contributed by atoms with Gasteiger partial charge in [-0.15, -0.1) is 12.4 Å². The van der Waals surface area contributed by atoms with Crippen molar-refractivity contribution in [3.8, 4) is 0 Å². The molecule has 1 aliphatic heterocycles. The third-order valence-electron chi connectivity index (χ3n) is 3.71. The molecule has 0 bridgehead atoms. The van der Waals surface area contributed by atoms with Crippen molar-refractivity contribution < 1.29 is 22.3 Å². The summed E-state index contributed by atoms with van der Waals surface area (Å²) in [6, 6.07) is 4.90. The number of aromatic nitrogens is 1. The first kappa shape index (κ1) is 19.5. The molecule has 3 rings (SSSR count). The van der Waals surface area contributed by atoms with E-state index in [0.29, 0.717) is 23.8 Å². The smallest absolute Gasteiger partial charge is 0.416 e. The number of hydrogen-bond donors (Lipinski definition) is 1. The molecule has 25 heavy (non-hydrogen) atoms. The van der Waals surface area contributed by atoms with Crippen LogP contribution in [0, 0.1) is 0 Å². The number of alkyl halides is 3. The lowest BCUT2D eigenvalue weighted by molar-refractivity contribution is -0.137. The molecule has 0 spiro atoms. The molecule has 4 nitrogen and oxygen atoms in total. The fraction of sp³-hybridized carbons (Fsp3) is 0.353. The SMILES string of the molecule is Cl.FC(F)(F)c1ccc(/C=C/c2nc(COC3CCNC3)co2)cc1. The quantitative estimate of drug-likeness (QED) is 0.853. The van der Waals surface area contributed by atoms with E-state index < -0.39 is 11.7 Å². The van der Waals surface area contributed by atoms with E-state index in [1.54, 1.807) is 12.2 Å². The van der Waals surface area contributed by atoms with Gasteiger partial charge in [0.1, 0.15) is 12.0 Å². The van der Waals surface area contributed by atoms with Crippen LogP contribution in [0.25, 0.3) is 12.2 Å². The van der Waals surface area contributed by atoms with Crippen LogP contribution in [0.3, 0.4) is 0 Å². The Morgan fingerprint density at radius 3 is 2.64 bits per heavy atom. The van der Waals surface area contributed by atoms with Crippen molar-refractivity contribution in [1.29, 1.82) is 0 Å². The molecule has 1 aliphatic rings. The van der Waals surface area contributed by atoms with Crippen LogP contribution in [0.1, 0.15) is 29.1 Å². The number of nitrogens with one attached hydrogen (secondary N) is 1. The summed E-state index contributed by atoms with van der Waals surface area (Å²) >= 11 is 0. The highest BCUT2D eigenvalue weighted by Crippen LogP contribution is 2.29. The fourth-order valence-electron chi connectivity index (χ4n) is 2.39. The molecule has 0 aliphatic carbocycles. The van der Waals surface area contributed by atoms with Crippen molar-refractivity contribution >= 4 is 24.6 Å². The minimum atomic E-state index is -4.32. The molecule has 1 fully saturated rings. The molecule has 1 unspecified atom stereocenters. The molecule has 2 heterocycles. The van der Waals surface area contributed by atoms with Gasteiger partial charge in [0, 0.05) is 12.6 Å². The molecule has 1 aromatic heterocycles. The monoisotopic (exact) mass is 374 g/mol. The minimum Gasteiger partial charge on any atom is -0.445 e. The highest BCUT2D eigenvalue weighted by Gasteiger charge is 2.29. The number of nitrogens with zero attached hydrogens (tertiary/aromatic N) is 1. The molecule has 1 saturated heterocycles. The van der Waals surface area contributed by atoms with Gasteiger partial charge in [0.05, 0.1) is 18.3 Å². The Labute approximate surface area is 149 Å².